The van der Waals surface area contributed by atoms with E-state index in [2.05, 4.69) is 0 Å². The molecule has 1 heterocycles. The molecule has 0 aliphatic carbocycles. The van der Waals surface area contributed by atoms with Gasteiger partial charge in [0.15, 0.2) is 0 Å². The zero-order valence-corrected chi connectivity index (χ0v) is 5.55. The maximum atomic E-state index is 10.4. The molecule has 0 aromatic heterocycles. The minimum atomic E-state index is -2.94. The van der Waals surface area contributed by atoms with Crippen molar-refractivity contribution in [1.29, 1.82) is 0 Å². The number of hydrogen-bond donors (Lipinski definition) is 1. The number of imide groups is 1. The topological polar surface area (TPSA) is 80.3 Å². The van der Waals surface area contributed by atoms with Gasteiger partial charge in [-0.3, -0.25) is 14.9 Å². The van der Waals surface area contributed by atoms with E-state index in [-0.39, 0.29) is 0 Å². The lowest BCUT2D eigenvalue weighted by atomic mass is 10.5. The van der Waals surface area contributed by atoms with Crippen molar-refractivity contribution in [3.8, 4) is 0 Å². The van der Waals surface area contributed by atoms with Gasteiger partial charge in [0.1, 0.15) is 5.31 Å². The first kappa shape index (κ1) is 6.89. The van der Waals surface area contributed by atoms with Crippen LogP contribution < -0.4 is 5.32 Å². The number of carbonyl (C=O) groups excluding carboxylic acids is 2. The van der Waals surface area contributed by atoms with Crippen molar-refractivity contribution < 1.29 is 18.7 Å². The van der Waals surface area contributed by atoms with Crippen molar-refractivity contribution in [2.45, 2.75) is 0 Å². The highest BCUT2D eigenvalue weighted by molar-refractivity contribution is 7.38. The summed E-state index contributed by atoms with van der Waals surface area (Å²) in [6.45, 7) is 0. The largest absolute Gasteiger partial charge is 0.354 e. The molecule has 0 spiro atoms. The molecular formula is C4H2NO4P. The molecule has 2 amide bonds. The Bertz CT molecular complexity index is 292. The van der Waals surface area contributed by atoms with Gasteiger partial charge in [0.25, 0.3) is 11.8 Å². The average molecular weight is 159 g/mol. The molecule has 0 aromatic rings. The van der Waals surface area contributed by atoms with Crippen LogP contribution in [0, 0.1) is 0 Å². The summed E-state index contributed by atoms with van der Waals surface area (Å²) in [5.41, 5.74) is 0. The normalized spacial score (nSPS) is 16.6. The molecule has 0 saturated heterocycles. The highest BCUT2D eigenvalue weighted by atomic mass is 31.1. The van der Waals surface area contributed by atoms with Crippen LogP contribution >= 0.6 is 7.68 Å². The Morgan fingerprint density at radius 2 is 1.90 bits per heavy atom. The van der Waals surface area contributed by atoms with Crippen molar-refractivity contribution >= 4 is 19.5 Å². The fourth-order valence-electron chi connectivity index (χ4n) is 0.537. The first-order valence-electron chi connectivity index (χ1n) is 2.32. The zero-order chi connectivity index (χ0) is 7.72. The van der Waals surface area contributed by atoms with E-state index in [0.717, 1.165) is 6.08 Å². The fourth-order valence-corrected chi connectivity index (χ4v) is 0.982. The molecule has 0 aromatic carbocycles. The summed E-state index contributed by atoms with van der Waals surface area (Å²) in [5.74, 6) is -1.53. The Morgan fingerprint density at radius 1 is 1.30 bits per heavy atom. The molecule has 0 bridgehead atoms. The van der Waals surface area contributed by atoms with Gasteiger partial charge in [0.2, 0.25) is 0 Å². The highest BCUT2D eigenvalue weighted by Crippen LogP contribution is 2.21. The van der Waals surface area contributed by atoms with Crippen molar-refractivity contribution in [3.05, 3.63) is 11.4 Å². The molecule has 6 heteroatoms. The van der Waals surface area contributed by atoms with Crippen molar-refractivity contribution in [2.75, 3.05) is 0 Å². The fraction of sp³-hybridized carbons (Fsp3) is 0. The maximum Gasteiger partial charge on any atom is 0.354 e. The molecule has 0 saturated carbocycles. The first-order valence-corrected chi connectivity index (χ1v) is 3.50. The molecule has 0 fully saturated rings. The lowest BCUT2D eigenvalue weighted by Gasteiger charge is -1.83. The van der Waals surface area contributed by atoms with Crippen LogP contribution in [0.5, 0.6) is 0 Å². The van der Waals surface area contributed by atoms with Crippen molar-refractivity contribution in [1.82, 2.24) is 5.32 Å². The Labute approximate surface area is 55.9 Å². The second-order valence-electron chi connectivity index (χ2n) is 1.61. The van der Waals surface area contributed by atoms with Crippen LogP contribution in [0.3, 0.4) is 0 Å². The van der Waals surface area contributed by atoms with E-state index in [0.29, 0.717) is 0 Å². The third-order valence-corrected chi connectivity index (χ3v) is 1.66. The molecule has 10 heavy (non-hydrogen) atoms. The van der Waals surface area contributed by atoms with Gasteiger partial charge in [0.05, 0.1) is 0 Å². The third kappa shape index (κ3) is 1.04. The molecule has 0 radical (unpaired) electrons. The van der Waals surface area contributed by atoms with Crippen LogP contribution in [-0.2, 0) is 18.7 Å². The molecule has 1 aliphatic rings. The number of amides is 2. The second-order valence-corrected chi connectivity index (χ2v) is 2.60. The SMILES string of the molecule is O=C1C=C(P(=O)=O)C(=O)N1. The summed E-state index contributed by atoms with van der Waals surface area (Å²) >= 11 is 0. The Balaban J connectivity index is 3.07. The molecule has 1 aliphatic heterocycles. The highest BCUT2D eigenvalue weighted by Gasteiger charge is 2.24. The average Bonchev–Trinajstić information content (AvgIpc) is 2.10. The maximum absolute atomic E-state index is 10.4. The summed E-state index contributed by atoms with van der Waals surface area (Å²) < 4.78 is 20.2. The summed E-state index contributed by atoms with van der Waals surface area (Å²) in [6.07, 6.45) is 0.758. The quantitative estimate of drug-likeness (QED) is 0.420. The van der Waals surface area contributed by atoms with E-state index in [1.165, 1.54) is 0 Å². The zero-order valence-electron chi connectivity index (χ0n) is 4.66. The molecule has 0 unspecified atom stereocenters. The number of carbonyl (C=O) groups is 2. The smallest absolute Gasteiger partial charge is 0.288 e. The van der Waals surface area contributed by atoms with E-state index < -0.39 is 24.8 Å². The van der Waals surface area contributed by atoms with Gasteiger partial charge in [-0.1, -0.05) is 0 Å². The predicted octanol–water partition coefficient (Wildman–Crippen LogP) is -0.300. The second kappa shape index (κ2) is 2.19. The number of rotatable bonds is 1. The van der Waals surface area contributed by atoms with Gasteiger partial charge in [0, 0.05) is 6.08 Å². The van der Waals surface area contributed by atoms with Gasteiger partial charge in [-0.2, -0.15) is 0 Å². The van der Waals surface area contributed by atoms with Crippen LogP contribution in [-0.4, -0.2) is 11.8 Å². The monoisotopic (exact) mass is 159 g/mol. The molecule has 52 valence electrons. The number of hydrogen-bond acceptors (Lipinski definition) is 4. The van der Waals surface area contributed by atoms with Crippen molar-refractivity contribution in [2.24, 2.45) is 0 Å². The summed E-state index contributed by atoms with van der Waals surface area (Å²) in [6, 6.07) is 0. The van der Waals surface area contributed by atoms with Gasteiger partial charge >= 0.3 is 7.68 Å². The lowest BCUT2D eigenvalue weighted by molar-refractivity contribution is -0.123. The van der Waals surface area contributed by atoms with Gasteiger partial charge in [-0.25, -0.2) is 9.13 Å². The van der Waals surface area contributed by atoms with E-state index >= 15 is 0 Å². The molecule has 0 atom stereocenters. The Hall–Kier alpha value is -1.22. The van der Waals surface area contributed by atoms with Crippen LogP contribution in [0.15, 0.2) is 11.4 Å². The van der Waals surface area contributed by atoms with E-state index in [4.69, 9.17) is 0 Å². The molecule has 5 nitrogen and oxygen atoms in total. The summed E-state index contributed by atoms with van der Waals surface area (Å²) in [5, 5.41) is 1.32. The van der Waals surface area contributed by atoms with Crippen LogP contribution in [0.25, 0.3) is 0 Å². The Kier molecular flexibility index (Phi) is 1.51. The van der Waals surface area contributed by atoms with E-state index in [1.54, 1.807) is 5.32 Å². The van der Waals surface area contributed by atoms with E-state index in [1.807, 2.05) is 0 Å². The van der Waals surface area contributed by atoms with Gasteiger partial charge in [-0.15, -0.1) is 0 Å². The summed E-state index contributed by atoms with van der Waals surface area (Å²) in [4.78, 5) is 20.7. The third-order valence-electron chi connectivity index (χ3n) is 0.934. The predicted molar refractivity (Wildman–Crippen MR) is 29.5 cm³/mol. The standard InChI is InChI=1S/C4H2NO4P/c6-3-1-2(10(8)9)4(7)5-3/h1H,(H,5,6,7). The molecule has 1 rings (SSSR count). The van der Waals surface area contributed by atoms with Crippen LogP contribution in [0.1, 0.15) is 0 Å². The van der Waals surface area contributed by atoms with Crippen LogP contribution in [0.4, 0.5) is 0 Å². The Morgan fingerprint density at radius 3 is 2.10 bits per heavy atom. The van der Waals surface area contributed by atoms with Crippen molar-refractivity contribution in [3.63, 3.8) is 0 Å². The van der Waals surface area contributed by atoms with Crippen LogP contribution in [0.2, 0.25) is 0 Å². The summed E-state index contributed by atoms with van der Waals surface area (Å²) in [7, 11) is -2.94. The van der Waals surface area contributed by atoms with Gasteiger partial charge in [-0.05, 0) is 0 Å². The lowest BCUT2D eigenvalue weighted by Crippen LogP contribution is -2.21. The van der Waals surface area contributed by atoms with Gasteiger partial charge < -0.3 is 0 Å². The molecule has 1 N–H and O–H groups in total. The minimum absolute atomic E-state index is 0.472. The number of nitrogens with one attached hydrogen (secondary N) is 1. The minimum Gasteiger partial charge on any atom is -0.288 e. The van der Waals surface area contributed by atoms with E-state index in [9.17, 15) is 18.7 Å². The molecular weight excluding hydrogens is 157 g/mol. The first-order chi connectivity index (χ1) is 4.61.